The second kappa shape index (κ2) is 5.43. The van der Waals surface area contributed by atoms with Crippen LogP contribution in [-0.2, 0) is 0 Å². The first-order valence-electron chi connectivity index (χ1n) is 9.04. The van der Waals surface area contributed by atoms with Crippen molar-refractivity contribution in [1.29, 1.82) is 0 Å². The minimum absolute atomic E-state index is 0.588. The van der Waals surface area contributed by atoms with Crippen LogP contribution in [-0.4, -0.2) is 6.54 Å². The van der Waals surface area contributed by atoms with Gasteiger partial charge in [0.15, 0.2) is 0 Å². The Hall–Kier alpha value is -0.820. The van der Waals surface area contributed by atoms with Crippen molar-refractivity contribution in [2.75, 3.05) is 6.54 Å². The number of hydrogen-bond acceptors (Lipinski definition) is 1. The zero-order valence-corrected chi connectivity index (χ0v) is 13.5. The average Bonchev–Trinajstić information content (AvgIpc) is 2.45. The molecule has 0 aromatic heterocycles. The smallest absolute Gasteiger partial charge is 0.0353 e. The molecular formula is C20H29N. The largest absolute Gasteiger partial charge is 0.310 e. The second-order valence-electron chi connectivity index (χ2n) is 7.96. The monoisotopic (exact) mass is 283 g/mol. The molecule has 21 heavy (non-hydrogen) atoms. The fourth-order valence-electron chi connectivity index (χ4n) is 6.07. The van der Waals surface area contributed by atoms with Gasteiger partial charge < -0.3 is 5.32 Å². The Morgan fingerprint density at radius 3 is 2.29 bits per heavy atom. The third-order valence-electron chi connectivity index (χ3n) is 6.51. The van der Waals surface area contributed by atoms with E-state index in [2.05, 4.69) is 43.4 Å². The van der Waals surface area contributed by atoms with E-state index in [4.69, 9.17) is 0 Å². The molecule has 0 amide bonds. The maximum absolute atomic E-state index is 3.85. The summed E-state index contributed by atoms with van der Waals surface area (Å²) in [6, 6.07) is 9.82. The lowest BCUT2D eigenvalue weighted by Crippen LogP contribution is -2.49. The Bertz CT molecular complexity index is 478. The van der Waals surface area contributed by atoms with Gasteiger partial charge in [-0.2, -0.15) is 0 Å². The third-order valence-corrected chi connectivity index (χ3v) is 6.51. The van der Waals surface area contributed by atoms with Crippen molar-refractivity contribution in [1.82, 2.24) is 5.32 Å². The fourth-order valence-corrected chi connectivity index (χ4v) is 6.07. The number of benzene rings is 1. The van der Waals surface area contributed by atoms with E-state index in [9.17, 15) is 0 Å². The predicted molar refractivity (Wildman–Crippen MR) is 88.1 cm³/mol. The minimum Gasteiger partial charge on any atom is -0.310 e. The van der Waals surface area contributed by atoms with Crippen molar-refractivity contribution in [3.63, 3.8) is 0 Å². The molecule has 0 aliphatic heterocycles. The van der Waals surface area contributed by atoms with Crippen LogP contribution in [0.15, 0.2) is 24.3 Å². The maximum Gasteiger partial charge on any atom is 0.0353 e. The summed E-state index contributed by atoms with van der Waals surface area (Å²) >= 11 is 0. The van der Waals surface area contributed by atoms with E-state index in [1.807, 2.05) is 0 Å². The summed E-state index contributed by atoms with van der Waals surface area (Å²) < 4.78 is 0. The van der Waals surface area contributed by atoms with Crippen LogP contribution in [0.5, 0.6) is 0 Å². The van der Waals surface area contributed by atoms with E-state index >= 15 is 0 Å². The molecule has 1 nitrogen and oxygen atoms in total. The van der Waals surface area contributed by atoms with Gasteiger partial charge >= 0.3 is 0 Å². The van der Waals surface area contributed by atoms with Crippen molar-refractivity contribution >= 4 is 0 Å². The molecule has 5 rings (SSSR count). The number of rotatable bonds is 4. The molecule has 4 fully saturated rings. The van der Waals surface area contributed by atoms with Crippen LogP contribution in [0.2, 0.25) is 0 Å². The van der Waals surface area contributed by atoms with Crippen LogP contribution in [0, 0.1) is 36.5 Å². The molecule has 0 saturated heterocycles. The molecule has 0 heterocycles. The highest BCUT2D eigenvalue weighted by Crippen LogP contribution is 2.59. The Labute approximate surface area is 129 Å². The van der Waals surface area contributed by atoms with Crippen molar-refractivity contribution in [3.8, 4) is 0 Å². The summed E-state index contributed by atoms with van der Waals surface area (Å²) in [5.74, 6) is 5.02. The highest BCUT2D eigenvalue weighted by atomic mass is 14.9. The van der Waals surface area contributed by atoms with Crippen LogP contribution in [0.25, 0.3) is 0 Å². The van der Waals surface area contributed by atoms with Crippen molar-refractivity contribution in [2.24, 2.45) is 29.6 Å². The van der Waals surface area contributed by atoms with Crippen molar-refractivity contribution in [2.45, 2.75) is 52.0 Å². The van der Waals surface area contributed by atoms with Gasteiger partial charge in [-0.1, -0.05) is 36.8 Å². The molecule has 4 saturated carbocycles. The summed E-state index contributed by atoms with van der Waals surface area (Å²) in [6.45, 7) is 5.57. The lowest BCUT2D eigenvalue weighted by atomic mass is 9.50. The van der Waals surface area contributed by atoms with Gasteiger partial charge in [0, 0.05) is 6.04 Å². The molecule has 4 aliphatic rings. The van der Waals surface area contributed by atoms with E-state index in [-0.39, 0.29) is 0 Å². The highest BCUT2D eigenvalue weighted by molar-refractivity contribution is 5.26. The van der Waals surface area contributed by atoms with Gasteiger partial charge in [0.05, 0.1) is 0 Å². The molecule has 1 unspecified atom stereocenters. The molecule has 1 aromatic rings. The number of aryl methyl sites for hydroxylation is 1. The first kappa shape index (κ1) is 13.8. The number of nitrogens with one attached hydrogen (secondary N) is 1. The van der Waals surface area contributed by atoms with Gasteiger partial charge in [0.1, 0.15) is 0 Å². The molecule has 1 atom stereocenters. The van der Waals surface area contributed by atoms with Crippen molar-refractivity contribution in [3.05, 3.63) is 35.4 Å². The fraction of sp³-hybridized carbons (Fsp3) is 0.700. The molecule has 1 aromatic carbocycles. The summed E-state index contributed by atoms with van der Waals surface area (Å²) in [6.07, 6.45) is 7.63. The maximum atomic E-state index is 3.85. The lowest BCUT2D eigenvalue weighted by Gasteiger charge is -2.56. The topological polar surface area (TPSA) is 12.0 Å². The first-order valence-corrected chi connectivity index (χ1v) is 9.04. The van der Waals surface area contributed by atoms with Crippen LogP contribution in [0.1, 0.15) is 56.2 Å². The Balaban J connectivity index is 1.65. The quantitative estimate of drug-likeness (QED) is 0.843. The van der Waals surface area contributed by atoms with E-state index in [0.717, 1.165) is 36.1 Å². The molecule has 4 bridgehead atoms. The molecule has 0 spiro atoms. The molecule has 4 aliphatic carbocycles. The first-order chi connectivity index (χ1) is 10.2. The van der Waals surface area contributed by atoms with E-state index in [1.165, 1.54) is 36.8 Å². The van der Waals surface area contributed by atoms with Gasteiger partial charge in [-0.05, 0) is 80.7 Å². The minimum atomic E-state index is 0.588. The SMILES string of the molecule is CCNC(c1cccc(C)c1)C1C2CC3CC(C2)CC1C3. The van der Waals surface area contributed by atoms with Crippen LogP contribution in [0.3, 0.4) is 0 Å². The van der Waals surface area contributed by atoms with Crippen LogP contribution < -0.4 is 5.32 Å². The van der Waals surface area contributed by atoms with E-state index < -0.39 is 0 Å². The number of hydrogen-bond donors (Lipinski definition) is 1. The Morgan fingerprint density at radius 2 is 1.71 bits per heavy atom. The van der Waals surface area contributed by atoms with E-state index in [1.54, 1.807) is 6.42 Å². The zero-order valence-electron chi connectivity index (χ0n) is 13.5. The third kappa shape index (κ3) is 2.44. The average molecular weight is 283 g/mol. The van der Waals surface area contributed by atoms with Gasteiger partial charge in [0.25, 0.3) is 0 Å². The zero-order chi connectivity index (χ0) is 14.4. The Kier molecular flexibility index (Phi) is 3.57. The standard InChI is InChI=1S/C20H29N/c1-3-21-20(16-6-4-5-13(2)7-16)19-17-9-14-8-15(11-17)12-18(19)10-14/h4-7,14-15,17-21H,3,8-12H2,1-2H3. The molecular weight excluding hydrogens is 254 g/mol. The van der Waals surface area contributed by atoms with Gasteiger partial charge in [-0.15, -0.1) is 0 Å². The second-order valence-corrected chi connectivity index (χ2v) is 7.96. The summed E-state index contributed by atoms with van der Waals surface area (Å²) in [4.78, 5) is 0. The highest BCUT2D eigenvalue weighted by Gasteiger charge is 2.50. The molecule has 1 N–H and O–H groups in total. The van der Waals surface area contributed by atoms with Gasteiger partial charge in [-0.3, -0.25) is 0 Å². The molecule has 0 radical (unpaired) electrons. The molecule has 114 valence electrons. The molecule has 1 heteroatoms. The van der Waals surface area contributed by atoms with Gasteiger partial charge in [-0.25, -0.2) is 0 Å². The summed E-state index contributed by atoms with van der Waals surface area (Å²) in [5.41, 5.74) is 2.94. The normalized spacial score (nSPS) is 38.7. The summed E-state index contributed by atoms with van der Waals surface area (Å²) in [7, 11) is 0. The van der Waals surface area contributed by atoms with Crippen LogP contribution >= 0.6 is 0 Å². The summed E-state index contributed by atoms with van der Waals surface area (Å²) in [5, 5.41) is 3.85. The van der Waals surface area contributed by atoms with Gasteiger partial charge in [0.2, 0.25) is 0 Å². The Morgan fingerprint density at radius 1 is 1.05 bits per heavy atom. The van der Waals surface area contributed by atoms with Crippen LogP contribution in [0.4, 0.5) is 0 Å². The van der Waals surface area contributed by atoms with E-state index in [0.29, 0.717) is 6.04 Å². The lowest BCUT2D eigenvalue weighted by molar-refractivity contribution is -0.0523. The van der Waals surface area contributed by atoms with Crippen molar-refractivity contribution < 1.29 is 0 Å². The predicted octanol–water partition coefficient (Wildman–Crippen LogP) is 4.72.